The molecule has 3 N–H and O–H groups in total. The maximum absolute atomic E-state index is 11.2. The first-order valence-corrected chi connectivity index (χ1v) is 10.6. The number of halogens is 1. The van der Waals surface area contributed by atoms with Crippen molar-refractivity contribution in [2.45, 2.75) is 44.6 Å². The Balaban J connectivity index is 1.63. The van der Waals surface area contributed by atoms with Gasteiger partial charge in [-0.15, -0.1) is 0 Å². The molecule has 0 spiro atoms. The first-order valence-electron chi connectivity index (χ1n) is 10.3. The van der Waals surface area contributed by atoms with E-state index in [1.807, 2.05) is 6.07 Å². The average Bonchev–Trinajstić information content (AvgIpc) is 3.27. The number of aromatic nitrogens is 1. The lowest BCUT2D eigenvalue weighted by Gasteiger charge is -2.36. The molecule has 30 heavy (non-hydrogen) atoms. The molecule has 1 aromatic carbocycles. The topological polar surface area (TPSA) is 110 Å². The highest BCUT2D eigenvalue weighted by atomic mass is 35.5. The van der Waals surface area contributed by atoms with E-state index >= 15 is 0 Å². The second-order valence-electron chi connectivity index (χ2n) is 8.08. The zero-order valence-electron chi connectivity index (χ0n) is 16.5. The Labute approximate surface area is 180 Å². The summed E-state index contributed by atoms with van der Waals surface area (Å²) in [6.45, 7) is 0. The van der Waals surface area contributed by atoms with Crippen molar-refractivity contribution in [3.05, 3.63) is 57.9 Å². The molecule has 2 unspecified atom stereocenters. The van der Waals surface area contributed by atoms with Gasteiger partial charge in [0.25, 0.3) is 0 Å². The number of hydrogen-bond donors (Lipinski definition) is 3. The molecule has 0 amide bonds. The van der Waals surface area contributed by atoms with Crippen LogP contribution >= 0.6 is 11.6 Å². The molecule has 1 heterocycles. The van der Waals surface area contributed by atoms with Crippen LogP contribution in [0.4, 0.5) is 5.69 Å². The molecule has 4 rings (SSSR count). The average molecular weight is 423 g/mol. The Hall–Kier alpha value is -2.91. The van der Waals surface area contributed by atoms with Gasteiger partial charge in [-0.1, -0.05) is 24.4 Å². The van der Waals surface area contributed by atoms with E-state index in [0.717, 1.165) is 30.5 Å². The van der Waals surface area contributed by atoms with Gasteiger partial charge in [0.15, 0.2) is 0 Å². The van der Waals surface area contributed by atoms with E-state index in [2.05, 4.69) is 16.4 Å². The minimum absolute atomic E-state index is 0.00694. The SMILES string of the molecule is N#Cc1ccc(NC(C2CCCC2)C2CCc3nc(C(=O)O)ccc3C2=N)cc1Cl. The lowest BCUT2D eigenvalue weighted by Crippen LogP contribution is -2.42. The molecule has 2 aromatic rings. The zero-order chi connectivity index (χ0) is 21.3. The van der Waals surface area contributed by atoms with Gasteiger partial charge in [0.1, 0.15) is 11.8 Å². The highest BCUT2D eigenvalue weighted by Crippen LogP contribution is 2.38. The van der Waals surface area contributed by atoms with Gasteiger partial charge in [-0.25, -0.2) is 9.78 Å². The van der Waals surface area contributed by atoms with Crippen LogP contribution in [0.1, 0.15) is 59.4 Å². The maximum Gasteiger partial charge on any atom is 0.354 e. The Kier molecular flexibility index (Phi) is 5.74. The summed E-state index contributed by atoms with van der Waals surface area (Å²) in [6.07, 6.45) is 6.03. The number of aromatic carboxylic acids is 1. The van der Waals surface area contributed by atoms with E-state index in [-0.39, 0.29) is 17.7 Å². The molecule has 0 aliphatic heterocycles. The normalized spacial score (nSPS) is 19.7. The van der Waals surface area contributed by atoms with E-state index in [9.17, 15) is 9.90 Å². The Morgan fingerprint density at radius 2 is 2.03 bits per heavy atom. The van der Waals surface area contributed by atoms with Crippen molar-refractivity contribution in [3.63, 3.8) is 0 Å². The van der Waals surface area contributed by atoms with Gasteiger partial charge in [-0.2, -0.15) is 5.26 Å². The fourth-order valence-electron chi connectivity index (χ4n) is 4.80. The minimum Gasteiger partial charge on any atom is -0.477 e. The first kappa shape index (κ1) is 20.4. The molecular formula is C23H23ClN4O2. The molecule has 1 aromatic heterocycles. The summed E-state index contributed by atoms with van der Waals surface area (Å²) >= 11 is 6.23. The predicted molar refractivity (Wildman–Crippen MR) is 115 cm³/mol. The summed E-state index contributed by atoms with van der Waals surface area (Å²) in [5.41, 5.74) is 3.29. The molecule has 0 bridgehead atoms. The van der Waals surface area contributed by atoms with Gasteiger partial charge in [0, 0.05) is 28.9 Å². The number of pyridine rings is 1. The van der Waals surface area contributed by atoms with Gasteiger partial charge < -0.3 is 15.8 Å². The van der Waals surface area contributed by atoms with E-state index in [1.165, 1.54) is 18.9 Å². The third-order valence-corrected chi connectivity index (χ3v) is 6.62. The van der Waals surface area contributed by atoms with Crippen LogP contribution in [-0.4, -0.2) is 27.8 Å². The van der Waals surface area contributed by atoms with Crippen LogP contribution < -0.4 is 5.32 Å². The van der Waals surface area contributed by atoms with Gasteiger partial charge >= 0.3 is 5.97 Å². The van der Waals surface area contributed by atoms with Gasteiger partial charge in [0.05, 0.1) is 16.3 Å². The molecule has 1 saturated carbocycles. The number of anilines is 1. The molecule has 154 valence electrons. The quantitative estimate of drug-likeness (QED) is 0.634. The number of fused-ring (bicyclic) bond motifs is 1. The van der Waals surface area contributed by atoms with Crippen LogP contribution in [0, 0.1) is 28.6 Å². The predicted octanol–water partition coefficient (Wildman–Crippen LogP) is 4.91. The Bertz CT molecular complexity index is 1040. The number of nitriles is 1. The van der Waals surface area contributed by atoms with Crippen LogP contribution in [0.25, 0.3) is 0 Å². The van der Waals surface area contributed by atoms with Crippen molar-refractivity contribution in [1.82, 2.24) is 4.98 Å². The van der Waals surface area contributed by atoms with Crippen molar-refractivity contribution in [2.24, 2.45) is 11.8 Å². The van der Waals surface area contributed by atoms with E-state index in [1.54, 1.807) is 18.2 Å². The molecule has 2 aliphatic rings. The van der Waals surface area contributed by atoms with Crippen molar-refractivity contribution in [3.8, 4) is 6.07 Å². The number of hydrogen-bond acceptors (Lipinski definition) is 5. The first-order chi connectivity index (χ1) is 14.5. The van der Waals surface area contributed by atoms with Crippen LogP contribution in [-0.2, 0) is 6.42 Å². The fraction of sp³-hybridized carbons (Fsp3) is 0.391. The molecule has 0 radical (unpaired) electrons. The summed E-state index contributed by atoms with van der Waals surface area (Å²) in [4.78, 5) is 15.5. The minimum atomic E-state index is -1.05. The largest absolute Gasteiger partial charge is 0.477 e. The number of aryl methyl sites for hydroxylation is 1. The standard InChI is InChI=1S/C23H23ClN4O2/c24-18-11-15(6-5-14(18)12-25)27-22(13-3-1-2-4-13)17-8-9-19-16(21(17)26)7-10-20(28-19)23(29)30/h5-7,10-11,13,17,22,26-27H,1-4,8-9H2,(H,29,30). The molecule has 2 atom stereocenters. The van der Waals surface area contributed by atoms with Crippen LogP contribution in [0.3, 0.4) is 0 Å². The Morgan fingerprint density at radius 3 is 2.70 bits per heavy atom. The number of benzene rings is 1. The van der Waals surface area contributed by atoms with Crippen LogP contribution in [0.15, 0.2) is 30.3 Å². The zero-order valence-corrected chi connectivity index (χ0v) is 17.2. The smallest absolute Gasteiger partial charge is 0.354 e. The van der Waals surface area contributed by atoms with E-state index < -0.39 is 5.97 Å². The number of carboxylic acid groups (broad SMARTS) is 1. The fourth-order valence-corrected chi connectivity index (χ4v) is 5.03. The van der Waals surface area contributed by atoms with Crippen LogP contribution in [0.2, 0.25) is 5.02 Å². The van der Waals surface area contributed by atoms with E-state index in [0.29, 0.717) is 34.3 Å². The summed E-state index contributed by atoms with van der Waals surface area (Å²) in [5.74, 6) is -0.584. The van der Waals surface area contributed by atoms with Crippen LogP contribution in [0.5, 0.6) is 0 Å². The van der Waals surface area contributed by atoms with Crippen molar-refractivity contribution in [2.75, 3.05) is 5.32 Å². The summed E-state index contributed by atoms with van der Waals surface area (Å²) < 4.78 is 0. The number of nitrogens with one attached hydrogen (secondary N) is 2. The molecule has 7 heteroatoms. The number of carboxylic acids is 1. The third-order valence-electron chi connectivity index (χ3n) is 6.31. The Morgan fingerprint density at radius 1 is 1.27 bits per heavy atom. The number of carbonyl (C=O) groups is 1. The molecule has 2 aliphatic carbocycles. The van der Waals surface area contributed by atoms with Gasteiger partial charge in [-0.3, -0.25) is 0 Å². The summed E-state index contributed by atoms with van der Waals surface area (Å²) in [7, 11) is 0. The molecule has 6 nitrogen and oxygen atoms in total. The highest BCUT2D eigenvalue weighted by molar-refractivity contribution is 6.32. The lowest BCUT2D eigenvalue weighted by atomic mass is 9.75. The second-order valence-corrected chi connectivity index (χ2v) is 8.48. The van der Waals surface area contributed by atoms with Gasteiger partial charge in [0.2, 0.25) is 0 Å². The maximum atomic E-state index is 11.2. The summed E-state index contributed by atoms with van der Waals surface area (Å²) in [6, 6.07) is 10.7. The lowest BCUT2D eigenvalue weighted by molar-refractivity contribution is 0.0690. The molecule has 1 fully saturated rings. The van der Waals surface area contributed by atoms with Crippen molar-refractivity contribution < 1.29 is 9.90 Å². The second kappa shape index (κ2) is 8.45. The summed E-state index contributed by atoms with van der Waals surface area (Å²) in [5, 5.41) is 31.2. The monoisotopic (exact) mass is 422 g/mol. The van der Waals surface area contributed by atoms with Crippen molar-refractivity contribution in [1.29, 1.82) is 10.7 Å². The number of rotatable bonds is 5. The van der Waals surface area contributed by atoms with Crippen molar-refractivity contribution >= 4 is 29.0 Å². The number of nitrogens with zero attached hydrogens (tertiary/aromatic N) is 2. The van der Waals surface area contributed by atoms with Gasteiger partial charge in [-0.05, 0) is 61.9 Å². The third kappa shape index (κ3) is 3.90. The molecular weight excluding hydrogens is 400 g/mol. The van der Waals surface area contributed by atoms with E-state index in [4.69, 9.17) is 22.3 Å². The highest BCUT2D eigenvalue weighted by Gasteiger charge is 2.37. The molecule has 0 saturated heterocycles.